The van der Waals surface area contributed by atoms with E-state index in [4.69, 9.17) is 15.3 Å². The minimum absolute atomic E-state index is 0.347. The molecule has 78 valence electrons. The summed E-state index contributed by atoms with van der Waals surface area (Å²) in [6.45, 7) is 0.673. The van der Waals surface area contributed by atoms with Gasteiger partial charge in [0.2, 0.25) is 5.43 Å². The van der Waals surface area contributed by atoms with Crippen molar-refractivity contribution >= 4 is 11.8 Å². The molecule has 1 heterocycles. The van der Waals surface area contributed by atoms with Gasteiger partial charge in [0.25, 0.3) is 0 Å². The van der Waals surface area contributed by atoms with E-state index < -0.39 is 5.43 Å². The Labute approximate surface area is 86.1 Å². The van der Waals surface area contributed by atoms with E-state index in [2.05, 4.69) is 0 Å². The fourth-order valence-corrected chi connectivity index (χ4v) is 1.75. The minimum Gasteiger partial charge on any atom is -0.502 e. The highest BCUT2D eigenvalue weighted by atomic mass is 32.2. The van der Waals surface area contributed by atoms with Gasteiger partial charge < -0.3 is 15.3 Å². The third kappa shape index (κ3) is 3.43. The maximum atomic E-state index is 11.0. The molecule has 0 amide bonds. The van der Waals surface area contributed by atoms with Crippen molar-refractivity contribution in [3.8, 4) is 5.75 Å². The number of nitrogens with two attached hydrogens (primary N) is 1. The summed E-state index contributed by atoms with van der Waals surface area (Å²) in [7, 11) is 0. The van der Waals surface area contributed by atoms with E-state index in [0.29, 0.717) is 18.1 Å². The van der Waals surface area contributed by atoms with Gasteiger partial charge in [-0.05, 0) is 18.7 Å². The van der Waals surface area contributed by atoms with E-state index in [9.17, 15) is 4.79 Å². The molecule has 0 fully saturated rings. The third-order valence-corrected chi connectivity index (χ3v) is 2.67. The summed E-state index contributed by atoms with van der Waals surface area (Å²) in [6.07, 6.45) is 2.02. The van der Waals surface area contributed by atoms with Gasteiger partial charge in [0.15, 0.2) is 5.75 Å². The Balaban J connectivity index is 2.44. The Kier molecular flexibility index (Phi) is 4.55. The Morgan fingerprint density at radius 2 is 2.36 bits per heavy atom. The van der Waals surface area contributed by atoms with Gasteiger partial charge in [-0.2, -0.15) is 11.8 Å². The Morgan fingerprint density at radius 3 is 3.00 bits per heavy atom. The molecule has 0 aliphatic heterocycles. The van der Waals surface area contributed by atoms with Crippen molar-refractivity contribution in [1.29, 1.82) is 0 Å². The molecule has 0 aromatic carbocycles. The first kappa shape index (κ1) is 11.1. The fraction of sp³-hybridized carbons (Fsp3) is 0.444. The van der Waals surface area contributed by atoms with Crippen LogP contribution in [0.5, 0.6) is 5.75 Å². The van der Waals surface area contributed by atoms with Crippen LogP contribution in [0.25, 0.3) is 0 Å². The lowest BCUT2D eigenvalue weighted by atomic mass is 10.4. The molecule has 0 aliphatic carbocycles. The molecule has 0 bridgehead atoms. The average Bonchev–Trinajstić information content (AvgIpc) is 2.18. The van der Waals surface area contributed by atoms with Crippen molar-refractivity contribution in [2.45, 2.75) is 12.2 Å². The second-order valence-corrected chi connectivity index (χ2v) is 3.90. The third-order valence-electron chi connectivity index (χ3n) is 1.60. The quantitative estimate of drug-likeness (QED) is 0.714. The molecule has 4 nitrogen and oxygen atoms in total. The van der Waals surface area contributed by atoms with Gasteiger partial charge in [0.05, 0.1) is 5.75 Å². The second-order valence-electron chi connectivity index (χ2n) is 2.79. The van der Waals surface area contributed by atoms with Crippen molar-refractivity contribution in [3.63, 3.8) is 0 Å². The molecule has 1 aromatic rings. The standard InChI is InChI=1S/C9H13NO3S/c10-2-1-3-14-6-7-4-8(11)9(12)5-13-7/h4-5,12H,1-3,6,10H2. The summed E-state index contributed by atoms with van der Waals surface area (Å²) in [5.74, 6) is 1.81. The molecule has 0 aliphatic rings. The van der Waals surface area contributed by atoms with Crippen LogP contribution in [0.1, 0.15) is 12.2 Å². The highest BCUT2D eigenvalue weighted by molar-refractivity contribution is 7.98. The van der Waals surface area contributed by atoms with Gasteiger partial charge in [-0.25, -0.2) is 0 Å². The van der Waals surface area contributed by atoms with Gasteiger partial charge in [-0.3, -0.25) is 4.79 Å². The van der Waals surface area contributed by atoms with E-state index in [1.54, 1.807) is 11.8 Å². The largest absolute Gasteiger partial charge is 0.502 e. The predicted octanol–water partition coefficient (Wildman–Crippen LogP) is 0.927. The van der Waals surface area contributed by atoms with Crippen molar-refractivity contribution in [2.75, 3.05) is 12.3 Å². The molecule has 0 spiro atoms. The molecular weight excluding hydrogens is 202 g/mol. The first-order chi connectivity index (χ1) is 6.74. The Hall–Kier alpha value is -0.940. The van der Waals surface area contributed by atoms with Crippen LogP contribution in [0.3, 0.4) is 0 Å². The van der Waals surface area contributed by atoms with Gasteiger partial charge in [0, 0.05) is 6.07 Å². The molecule has 0 unspecified atom stereocenters. The lowest BCUT2D eigenvalue weighted by Gasteiger charge is -1.99. The maximum Gasteiger partial charge on any atom is 0.226 e. The van der Waals surface area contributed by atoms with Gasteiger partial charge in [-0.15, -0.1) is 0 Å². The zero-order valence-electron chi connectivity index (χ0n) is 7.73. The predicted molar refractivity (Wildman–Crippen MR) is 56.5 cm³/mol. The summed E-state index contributed by atoms with van der Waals surface area (Å²) < 4.78 is 5.02. The summed E-state index contributed by atoms with van der Waals surface area (Å²) in [5, 5.41) is 8.92. The molecule has 3 N–H and O–H groups in total. The average molecular weight is 215 g/mol. The molecule has 0 radical (unpaired) electrons. The molecule has 1 rings (SSSR count). The summed E-state index contributed by atoms with van der Waals surface area (Å²) in [4.78, 5) is 11.0. The van der Waals surface area contributed by atoms with Crippen molar-refractivity contribution < 1.29 is 9.52 Å². The number of aromatic hydroxyl groups is 1. The first-order valence-electron chi connectivity index (χ1n) is 4.32. The lowest BCUT2D eigenvalue weighted by Crippen LogP contribution is -2.01. The van der Waals surface area contributed by atoms with E-state index in [1.807, 2.05) is 0 Å². The highest BCUT2D eigenvalue weighted by Gasteiger charge is 2.01. The monoisotopic (exact) mass is 215 g/mol. The van der Waals surface area contributed by atoms with E-state index in [1.165, 1.54) is 6.07 Å². The highest BCUT2D eigenvalue weighted by Crippen LogP contribution is 2.12. The molecule has 0 atom stereocenters. The number of hydrogen-bond acceptors (Lipinski definition) is 5. The maximum absolute atomic E-state index is 11.0. The van der Waals surface area contributed by atoms with E-state index in [-0.39, 0.29) is 5.75 Å². The zero-order valence-corrected chi connectivity index (χ0v) is 8.55. The van der Waals surface area contributed by atoms with Gasteiger partial charge in [-0.1, -0.05) is 0 Å². The van der Waals surface area contributed by atoms with E-state index >= 15 is 0 Å². The lowest BCUT2D eigenvalue weighted by molar-refractivity contribution is 0.419. The van der Waals surface area contributed by atoms with E-state index in [0.717, 1.165) is 18.4 Å². The molecule has 1 aromatic heterocycles. The first-order valence-corrected chi connectivity index (χ1v) is 5.48. The van der Waals surface area contributed by atoms with Crippen LogP contribution in [0.2, 0.25) is 0 Å². The van der Waals surface area contributed by atoms with Crippen molar-refractivity contribution in [3.05, 3.63) is 28.3 Å². The van der Waals surface area contributed by atoms with Gasteiger partial charge >= 0.3 is 0 Å². The summed E-state index contributed by atoms with van der Waals surface area (Å²) in [5.41, 5.74) is 4.93. The normalized spacial score (nSPS) is 10.4. The molecule has 14 heavy (non-hydrogen) atoms. The Morgan fingerprint density at radius 1 is 1.57 bits per heavy atom. The van der Waals surface area contributed by atoms with Crippen LogP contribution >= 0.6 is 11.8 Å². The molecule has 0 saturated carbocycles. The summed E-state index contributed by atoms with van der Waals surface area (Å²) in [6, 6.07) is 1.31. The topological polar surface area (TPSA) is 76.5 Å². The summed E-state index contributed by atoms with van der Waals surface area (Å²) >= 11 is 1.65. The molecule has 0 saturated heterocycles. The van der Waals surface area contributed by atoms with Crippen molar-refractivity contribution in [1.82, 2.24) is 0 Å². The van der Waals surface area contributed by atoms with Crippen molar-refractivity contribution in [2.24, 2.45) is 5.73 Å². The molecule has 5 heteroatoms. The van der Waals surface area contributed by atoms with Crippen LogP contribution in [0.4, 0.5) is 0 Å². The number of rotatable bonds is 5. The Bertz CT molecular complexity index is 337. The van der Waals surface area contributed by atoms with Crippen LogP contribution in [-0.4, -0.2) is 17.4 Å². The van der Waals surface area contributed by atoms with Crippen LogP contribution < -0.4 is 11.2 Å². The minimum atomic E-state index is -0.398. The fourth-order valence-electron chi connectivity index (χ4n) is 0.878. The van der Waals surface area contributed by atoms with Crippen LogP contribution in [0, 0.1) is 0 Å². The molecular formula is C9H13NO3S. The zero-order chi connectivity index (χ0) is 10.4. The van der Waals surface area contributed by atoms with Crippen LogP contribution in [-0.2, 0) is 5.75 Å². The number of thioether (sulfide) groups is 1. The SMILES string of the molecule is NCCCSCc1cc(=O)c(O)co1. The number of hydrogen-bond donors (Lipinski definition) is 2. The van der Waals surface area contributed by atoms with Gasteiger partial charge in [0.1, 0.15) is 12.0 Å². The second kappa shape index (κ2) is 5.72. The smallest absolute Gasteiger partial charge is 0.226 e. The van der Waals surface area contributed by atoms with Crippen LogP contribution in [0.15, 0.2) is 21.5 Å².